The van der Waals surface area contributed by atoms with Crippen molar-refractivity contribution in [3.63, 3.8) is 0 Å². The van der Waals surface area contributed by atoms with E-state index in [1.165, 1.54) is 0 Å². The molecule has 2 unspecified atom stereocenters. The molecule has 112 valence electrons. The van der Waals surface area contributed by atoms with E-state index >= 15 is 0 Å². The fourth-order valence-corrected chi connectivity index (χ4v) is 2.47. The van der Waals surface area contributed by atoms with Gasteiger partial charge in [-0.15, -0.1) is 0 Å². The highest BCUT2D eigenvalue weighted by atomic mass is 16.5. The van der Waals surface area contributed by atoms with Crippen LogP contribution in [0.25, 0.3) is 0 Å². The molecule has 0 aromatic carbocycles. The first-order chi connectivity index (χ1) is 9.08. The standard InChI is InChI=1S/C14H29N3O2/c1-5-7-15-13(14(18)19-6-2)11-17-9-8-16(4)10-12(17)3/h12-13,15H,5-11H2,1-4H3. The van der Waals surface area contributed by atoms with Gasteiger partial charge >= 0.3 is 5.97 Å². The zero-order valence-corrected chi connectivity index (χ0v) is 12.8. The SMILES string of the molecule is CCCNC(CN1CCN(C)CC1C)C(=O)OCC. The number of likely N-dealkylation sites (N-methyl/N-ethyl adjacent to an activating group) is 1. The largest absolute Gasteiger partial charge is 0.465 e. The fourth-order valence-electron chi connectivity index (χ4n) is 2.47. The number of hydrogen-bond donors (Lipinski definition) is 1. The van der Waals surface area contributed by atoms with E-state index < -0.39 is 0 Å². The highest BCUT2D eigenvalue weighted by Gasteiger charge is 2.27. The number of esters is 1. The van der Waals surface area contributed by atoms with Gasteiger partial charge in [0.2, 0.25) is 0 Å². The first-order valence-electron chi connectivity index (χ1n) is 7.41. The molecule has 0 aromatic rings. The number of carbonyl (C=O) groups excluding carboxylic acids is 1. The second-order valence-corrected chi connectivity index (χ2v) is 5.36. The van der Waals surface area contributed by atoms with Crippen LogP contribution < -0.4 is 5.32 Å². The predicted molar refractivity (Wildman–Crippen MR) is 77.2 cm³/mol. The van der Waals surface area contributed by atoms with Gasteiger partial charge < -0.3 is 15.0 Å². The summed E-state index contributed by atoms with van der Waals surface area (Å²) in [4.78, 5) is 16.7. The third-order valence-electron chi connectivity index (χ3n) is 3.60. The van der Waals surface area contributed by atoms with E-state index in [9.17, 15) is 4.79 Å². The van der Waals surface area contributed by atoms with E-state index in [4.69, 9.17) is 4.74 Å². The van der Waals surface area contributed by atoms with Crippen molar-refractivity contribution in [3.8, 4) is 0 Å². The van der Waals surface area contributed by atoms with Crippen molar-refractivity contribution in [2.45, 2.75) is 39.3 Å². The molecule has 0 amide bonds. The van der Waals surface area contributed by atoms with Crippen LogP contribution in [-0.4, -0.2) is 74.2 Å². The summed E-state index contributed by atoms with van der Waals surface area (Å²) in [6, 6.07) is 0.282. The molecule has 1 rings (SSSR count). The van der Waals surface area contributed by atoms with E-state index in [1.807, 2.05) is 6.92 Å². The predicted octanol–water partition coefficient (Wildman–Crippen LogP) is 0.554. The molecule has 5 nitrogen and oxygen atoms in total. The van der Waals surface area contributed by atoms with Crippen molar-refractivity contribution in [1.82, 2.24) is 15.1 Å². The molecule has 2 atom stereocenters. The molecule has 0 radical (unpaired) electrons. The molecule has 1 aliphatic heterocycles. The molecule has 1 N–H and O–H groups in total. The Balaban J connectivity index is 2.52. The molecule has 1 heterocycles. The van der Waals surface area contributed by atoms with Crippen LogP contribution in [0, 0.1) is 0 Å². The Morgan fingerprint density at radius 1 is 1.42 bits per heavy atom. The van der Waals surface area contributed by atoms with Crippen LogP contribution in [0.3, 0.4) is 0 Å². The zero-order chi connectivity index (χ0) is 14.3. The number of hydrogen-bond acceptors (Lipinski definition) is 5. The average Bonchev–Trinajstić information content (AvgIpc) is 2.37. The highest BCUT2D eigenvalue weighted by Crippen LogP contribution is 2.09. The summed E-state index contributed by atoms with van der Waals surface area (Å²) < 4.78 is 5.16. The molecule has 1 saturated heterocycles. The minimum absolute atomic E-state index is 0.123. The van der Waals surface area contributed by atoms with Crippen molar-refractivity contribution in [1.29, 1.82) is 0 Å². The van der Waals surface area contributed by atoms with Gasteiger partial charge in [0, 0.05) is 32.2 Å². The fraction of sp³-hybridized carbons (Fsp3) is 0.929. The molecule has 0 aromatic heterocycles. The summed E-state index contributed by atoms with van der Waals surface area (Å²) in [7, 11) is 2.14. The van der Waals surface area contributed by atoms with Crippen LogP contribution in [0.4, 0.5) is 0 Å². The van der Waals surface area contributed by atoms with Crippen LogP contribution in [0.1, 0.15) is 27.2 Å². The Morgan fingerprint density at radius 2 is 2.16 bits per heavy atom. The molecule has 5 heteroatoms. The Labute approximate surface area is 117 Å². The van der Waals surface area contributed by atoms with Crippen molar-refractivity contribution >= 4 is 5.97 Å². The molecule has 0 spiro atoms. The second kappa shape index (κ2) is 8.51. The van der Waals surface area contributed by atoms with Gasteiger partial charge in [-0.05, 0) is 33.9 Å². The minimum Gasteiger partial charge on any atom is -0.465 e. The van der Waals surface area contributed by atoms with Crippen molar-refractivity contribution < 1.29 is 9.53 Å². The normalized spacial score (nSPS) is 23.3. The summed E-state index contributed by atoms with van der Waals surface area (Å²) >= 11 is 0. The van der Waals surface area contributed by atoms with Crippen LogP contribution in [0.15, 0.2) is 0 Å². The smallest absolute Gasteiger partial charge is 0.324 e. The number of piperazine rings is 1. The lowest BCUT2D eigenvalue weighted by Crippen LogP contribution is -2.56. The third-order valence-corrected chi connectivity index (χ3v) is 3.60. The van der Waals surface area contributed by atoms with E-state index in [2.05, 4.69) is 36.0 Å². The van der Waals surface area contributed by atoms with E-state index in [0.29, 0.717) is 12.6 Å². The number of nitrogens with one attached hydrogen (secondary N) is 1. The quantitative estimate of drug-likeness (QED) is 0.685. The summed E-state index contributed by atoms with van der Waals surface area (Å²) in [5.74, 6) is -0.123. The van der Waals surface area contributed by atoms with Gasteiger partial charge in [0.1, 0.15) is 6.04 Å². The van der Waals surface area contributed by atoms with Gasteiger partial charge in [0.05, 0.1) is 6.61 Å². The van der Waals surface area contributed by atoms with Crippen molar-refractivity contribution in [3.05, 3.63) is 0 Å². The van der Waals surface area contributed by atoms with E-state index in [1.54, 1.807) is 0 Å². The second-order valence-electron chi connectivity index (χ2n) is 5.36. The topological polar surface area (TPSA) is 44.8 Å². The van der Waals surface area contributed by atoms with Gasteiger partial charge in [-0.3, -0.25) is 9.69 Å². The van der Waals surface area contributed by atoms with Crippen LogP contribution in [-0.2, 0) is 9.53 Å². The maximum Gasteiger partial charge on any atom is 0.324 e. The molecule has 19 heavy (non-hydrogen) atoms. The van der Waals surface area contributed by atoms with Gasteiger partial charge in [-0.2, -0.15) is 0 Å². The molecule has 0 saturated carbocycles. The Hall–Kier alpha value is -0.650. The maximum absolute atomic E-state index is 12.0. The monoisotopic (exact) mass is 271 g/mol. The van der Waals surface area contributed by atoms with Crippen molar-refractivity contribution in [2.75, 3.05) is 46.4 Å². The van der Waals surface area contributed by atoms with E-state index in [-0.39, 0.29) is 12.0 Å². The summed E-state index contributed by atoms with van der Waals surface area (Å²) in [5, 5.41) is 3.30. The first-order valence-corrected chi connectivity index (χ1v) is 7.41. The maximum atomic E-state index is 12.0. The van der Waals surface area contributed by atoms with Gasteiger partial charge in [-0.25, -0.2) is 0 Å². The Morgan fingerprint density at radius 3 is 2.74 bits per heavy atom. The Bertz CT molecular complexity index is 273. The molecule has 0 aliphatic carbocycles. The number of ether oxygens (including phenoxy) is 1. The molecule has 1 fully saturated rings. The van der Waals surface area contributed by atoms with Gasteiger partial charge in [0.25, 0.3) is 0 Å². The zero-order valence-electron chi connectivity index (χ0n) is 12.8. The number of rotatable bonds is 7. The lowest BCUT2D eigenvalue weighted by molar-refractivity contribution is -0.146. The average molecular weight is 271 g/mol. The summed E-state index contributed by atoms with van der Waals surface area (Å²) in [6.45, 7) is 11.4. The molecule has 1 aliphatic rings. The lowest BCUT2D eigenvalue weighted by atomic mass is 10.1. The number of carbonyl (C=O) groups is 1. The van der Waals surface area contributed by atoms with Crippen LogP contribution in [0.5, 0.6) is 0 Å². The number of nitrogens with zero attached hydrogens (tertiary/aromatic N) is 2. The molecule has 0 bridgehead atoms. The van der Waals surface area contributed by atoms with Crippen LogP contribution >= 0.6 is 0 Å². The minimum atomic E-state index is -0.203. The summed E-state index contributed by atoms with van der Waals surface area (Å²) in [5.41, 5.74) is 0. The highest BCUT2D eigenvalue weighted by molar-refractivity contribution is 5.76. The first kappa shape index (κ1) is 16.4. The van der Waals surface area contributed by atoms with E-state index in [0.717, 1.165) is 39.1 Å². The van der Waals surface area contributed by atoms with Gasteiger partial charge in [0.15, 0.2) is 0 Å². The van der Waals surface area contributed by atoms with Crippen molar-refractivity contribution in [2.24, 2.45) is 0 Å². The van der Waals surface area contributed by atoms with Crippen LogP contribution in [0.2, 0.25) is 0 Å². The summed E-state index contributed by atoms with van der Waals surface area (Å²) in [6.07, 6.45) is 1.02. The molecular formula is C14H29N3O2. The Kier molecular flexibility index (Phi) is 7.34. The molecular weight excluding hydrogens is 242 g/mol. The third kappa shape index (κ3) is 5.47. The van der Waals surface area contributed by atoms with Gasteiger partial charge in [-0.1, -0.05) is 6.92 Å². The lowest BCUT2D eigenvalue weighted by Gasteiger charge is -2.39.